The second-order valence-corrected chi connectivity index (χ2v) is 6.24. The van der Waals surface area contributed by atoms with E-state index in [1.807, 2.05) is 48.7 Å². The number of H-pyrrole nitrogens is 1. The van der Waals surface area contributed by atoms with Gasteiger partial charge >= 0.3 is 0 Å². The zero-order valence-corrected chi connectivity index (χ0v) is 12.9. The molecule has 3 heteroatoms. The van der Waals surface area contributed by atoms with E-state index in [4.69, 9.17) is 0 Å². The number of hydrogen-bond acceptors (Lipinski definition) is 1. The van der Waals surface area contributed by atoms with Gasteiger partial charge in [0.25, 0.3) is 5.91 Å². The molecule has 0 saturated heterocycles. The summed E-state index contributed by atoms with van der Waals surface area (Å²) in [5.74, 6) is -0.0366. The standard InChI is InChI=1S/C19H20N2O/c1-19(2,21-18(22)14-8-4-3-5-9-14)12-15-13-20-17-11-7-6-10-16(15)17/h3-11,13,20H,12H2,1-2H3,(H,21,22). The number of fused-ring (bicyclic) bond motifs is 1. The van der Waals surface area contributed by atoms with E-state index in [0.29, 0.717) is 5.56 Å². The fourth-order valence-corrected chi connectivity index (χ4v) is 2.77. The normalized spacial score (nSPS) is 11.5. The highest BCUT2D eigenvalue weighted by Gasteiger charge is 2.23. The largest absolute Gasteiger partial charge is 0.361 e. The predicted molar refractivity (Wildman–Crippen MR) is 90.0 cm³/mol. The van der Waals surface area contributed by atoms with Crippen LogP contribution in [-0.2, 0) is 6.42 Å². The summed E-state index contributed by atoms with van der Waals surface area (Å²) >= 11 is 0. The van der Waals surface area contributed by atoms with E-state index in [-0.39, 0.29) is 11.4 Å². The number of benzene rings is 2. The average Bonchev–Trinajstić information content (AvgIpc) is 2.90. The second kappa shape index (κ2) is 5.68. The van der Waals surface area contributed by atoms with Gasteiger partial charge in [0.2, 0.25) is 0 Å². The molecule has 0 atom stereocenters. The number of rotatable bonds is 4. The third kappa shape index (κ3) is 3.03. The summed E-state index contributed by atoms with van der Waals surface area (Å²) in [5.41, 5.74) is 2.71. The number of carbonyl (C=O) groups excluding carboxylic acids is 1. The molecular weight excluding hydrogens is 272 g/mol. The molecule has 0 radical (unpaired) electrons. The molecule has 0 unspecified atom stereocenters. The summed E-state index contributed by atoms with van der Waals surface area (Å²) < 4.78 is 0. The van der Waals surface area contributed by atoms with Crippen LogP contribution in [0.15, 0.2) is 60.8 Å². The van der Waals surface area contributed by atoms with Gasteiger partial charge in [-0.15, -0.1) is 0 Å². The van der Waals surface area contributed by atoms with Crippen molar-refractivity contribution in [3.8, 4) is 0 Å². The van der Waals surface area contributed by atoms with Gasteiger partial charge in [0, 0.05) is 28.2 Å². The molecule has 2 aromatic carbocycles. The monoisotopic (exact) mass is 292 g/mol. The third-order valence-electron chi connectivity index (χ3n) is 3.80. The zero-order valence-electron chi connectivity index (χ0n) is 12.9. The van der Waals surface area contributed by atoms with Crippen LogP contribution in [0.1, 0.15) is 29.8 Å². The van der Waals surface area contributed by atoms with Crippen molar-refractivity contribution < 1.29 is 4.79 Å². The Labute approximate surface area is 130 Å². The van der Waals surface area contributed by atoms with Crippen molar-refractivity contribution in [3.05, 3.63) is 71.9 Å². The number of amides is 1. The zero-order chi connectivity index (χ0) is 15.6. The Morgan fingerprint density at radius 1 is 1.05 bits per heavy atom. The Kier molecular flexibility index (Phi) is 3.72. The van der Waals surface area contributed by atoms with Crippen LogP contribution in [0.25, 0.3) is 10.9 Å². The number of nitrogens with one attached hydrogen (secondary N) is 2. The smallest absolute Gasteiger partial charge is 0.251 e. The fraction of sp³-hybridized carbons (Fsp3) is 0.211. The molecule has 0 spiro atoms. The van der Waals surface area contributed by atoms with Crippen LogP contribution in [0.2, 0.25) is 0 Å². The minimum absolute atomic E-state index is 0.0366. The summed E-state index contributed by atoms with van der Waals surface area (Å²) in [6.45, 7) is 4.10. The number of para-hydroxylation sites is 1. The van der Waals surface area contributed by atoms with Gasteiger partial charge in [-0.2, -0.15) is 0 Å². The Morgan fingerprint density at radius 3 is 2.50 bits per heavy atom. The first-order valence-corrected chi connectivity index (χ1v) is 7.48. The van der Waals surface area contributed by atoms with Gasteiger partial charge in [-0.1, -0.05) is 36.4 Å². The molecule has 1 amide bonds. The van der Waals surface area contributed by atoms with E-state index in [1.165, 1.54) is 10.9 Å². The Morgan fingerprint density at radius 2 is 1.73 bits per heavy atom. The highest BCUT2D eigenvalue weighted by molar-refractivity contribution is 5.94. The van der Waals surface area contributed by atoms with Gasteiger partial charge in [-0.05, 0) is 44.0 Å². The van der Waals surface area contributed by atoms with E-state index in [0.717, 1.165) is 11.9 Å². The highest BCUT2D eigenvalue weighted by Crippen LogP contribution is 2.22. The number of hydrogen-bond donors (Lipinski definition) is 2. The average molecular weight is 292 g/mol. The van der Waals surface area contributed by atoms with Crippen LogP contribution in [0.3, 0.4) is 0 Å². The number of aromatic amines is 1. The summed E-state index contributed by atoms with van der Waals surface area (Å²) in [5, 5.41) is 4.34. The molecule has 3 rings (SSSR count). The molecule has 0 fully saturated rings. The lowest BCUT2D eigenvalue weighted by atomic mass is 9.94. The molecule has 0 bridgehead atoms. The summed E-state index contributed by atoms with van der Waals surface area (Å²) in [4.78, 5) is 15.6. The molecule has 0 aliphatic carbocycles. The van der Waals surface area contributed by atoms with Gasteiger partial charge < -0.3 is 10.3 Å². The lowest BCUT2D eigenvalue weighted by molar-refractivity contribution is 0.0913. The second-order valence-electron chi connectivity index (χ2n) is 6.24. The molecule has 1 heterocycles. The van der Waals surface area contributed by atoms with E-state index >= 15 is 0 Å². The predicted octanol–water partition coefficient (Wildman–Crippen LogP) is 3.92. The molecule has 3 nitrogen and oxygen atoms in total. The maximum absolute atomic E-state index is 12.3. The van der Waals surface area contributed by atoms with E-state index in [1.54, 1.807) is 0 Å². The van der Waals surface area contributed by atoms with Crippen molar-refractivity contribution in [2.24, 2.45) is 0 Å². The quantitative estimate of drug-likeness (QED) is 0.752. The number of aromatic nitrogens is 1. The summed E-state index contributed by atoms with van der Waals surface area (Å²) in [7, 11) is 0. The molecule has 112 valence electrons. The van der Waals surface area contributed by atoms with Crippen molar-refractivity contribution in [1.82, 2.24) is 10.3 Å². The molecular formula is C19H20N2O. The minimum Gasteiger partial charge on any atom is -0.361 e. The van der Waals surface area contributed by atoms with Gasteiger partial charge in [0.05, 0.1) is 0 Å². The van der Waals surface area contributed by atoms with Crippen LogP contribution >= 0.6 is 0 Å². The fourth-order valence-electron chi connectivity index (χ4n) is 2.77. The maximum Gasteiger partial charge on any atom is 0.251 e. The van der Waals surface area contributed by atoms with E-state index < -0.39 is 0 Å². The van der Waals surface area contributed by atoms with Gasteiger partial charge in [-0.25, -0.2) is 0 Å². The van der Waals surface area contributed by atoms with Crippen LogP contribution in [0.5, 0.6) is 0 Å². The summed E-state index contributed by atoms with van der Waals surface area (Å²) in [6.07, 6.45) is 2.80. The molecule has 0 aliphatic heterocycles. The van der Waals surface area contributed by atoms with Crippen LogP contribution in [0, 0.1) is 0 Å². The van der Waals surface area contributed by atoms with Gasteiger partial charge in [0.1, 0.15) is 0 Å². The molecule has 1 aromatic heterocycles. The molecule has 0 saturated carbocycles. The van der Waals surface area contributed by atoms with Crippen molar-refractivity contribution in [1.29, 1.82) is 0 Å². The molecule has 0 aliphatic rings. The van der Waals surface area contributed by atoms with E-state index in [9.17, 15) is 4.79 Å². The van der Waals surface area contributed by atoms with Crippen molar-refractivity contribution >= 4 is 16.8 Å². The van der Waals surface area contributed by atoms with Crippen molar-refractivity contribution in [3.63, 3.8) is 0 Å². The Bertz CT molecular complexity index is 787. The molecule has 3 aromatic rings. The Hall–Kier alpha value is -2.55. The minimum atomic E-state index is -0.322. The SMILES string of the molecule is CC(C)(Cc1c[nH]c2ccccc12)NC(=O)c1ccccc1. The maximum atomic E-state index is 12.3. The first-order chi connectivity index (χ1) is 10.6. The number of carbonyl (C=O) groups is 1. The topological polar surface area (TPSA) is 44.9 Å². The van der Waals surface area contributed by atoms with Gasteiger partial charge in [0.15, 0.2) is 0 Å². The molecule has 2 N–H and O–H groups in total. The lowest BCUT2D eigenvalue weighted by Crippen LogP contribution is -2.45. The van der Waals surface area contributed by atoms with Crippen LogP contribution in [-0.4, -0.2) is 16.4 Å². The van der Waals surface area contributed by atoms with Crippen LogP contribution < -0.4 is 5.32 Å². The first-order valence-electron chi connectivity index (χ1n) is 7.48. The van der Waals surface area contributed by atoms with E-state index in [2.05, 4.69) is 36.3 Å². The lowest BCUT2D eigenvalue weighted by Gasteiger charge is -2.26. The third-order valence-corrected chi connectivity index (χ3v) is 3.80. The van der Waals surface area contributed by atoms with Crippen molar-refractivity contribution in [2.75, 3.05) is 0 Å². The van der Waals surface area contributed by atoms with Crippen molar-refractivity contribution in [2.45, 2.75) is 25.8 Å². The first kappa shape index (κ1) is 14.4. The highest BCUT2D eigenvalue weighted by atomic mass is 16.1. The summed E-state index contributed by atoms with van der Waals surface area (Å²) in [6, 6.07) is 17.6. The Balaban J connectivity index is 1.77. The molecule has 22 heavy (non-hydrogen) atoms. The van der Waals surface area contributed by atoms with Crippen LogP contribution in [0.4, 0.5) is 0 Å². The van der Waals surface area contributed by atoms with Gasteiger partial charge in [-0.3, -0.25) is 4.79 Å².